The second-order valence-corrected chi connectivity index (χ2v) is 4.14. The van der Waals surface area contributed by atoms with Gasteiger partial charge in [-0.25, -0.2) is 4.90 Å². The van der Waals surface area contributed by atoms with Crippen LogP contribution in [0.3, 0.4) is 0 Å². The van der Waals surface area contributed by atoms with Crippen LogP contribution in [0.1, 0.15) is 13.8 Å². The molecule has 0 spiro atoms. The summed E-state index contributed by atoms with van der Waals surface area (Å²) in [6, 6.07) is 0.992. The first-order valence-corrected chi connectivity index (χ1v) is 4.98. The molecule has 0 aromatic carbocycles. The van der Waals surface area contributed by atoms with E-state index in [1.807, 2.05) is 4.90 Å². The molecule has 2 saturated heterocycles. The number of rotatable bonds is 1. The van der Waals surface area contributed by atoms with Crippen molar-refractivity contribution >= 4 is 0 Å². The molecule has 0 aromatic heterocycles. The number of hydrogen-bond acceptors (Lipinski definition) is 4. The Balaban J connectivity index is 1.95. The molecule has 0 saturated carbocycles. The largest absolute Gasteiger partial charge is 0.356 e. The third-order valence-corrected chi connectivity index (χ3v) is 3.01. The molecule has 2 aliphatic heterocycles. The van der Waals surface area contributed by atoms with Crippen LogP contribution >= 0.6 is 0 Å². The van der Waals surface area contributed by atoms with E-state index in [0.29, 0.717) is 18.7 Å². The molecular weight excluding hydrogens is 168 g/mol. The molecule has 1 N–H and O–H groups in total. The van der Waals surface area contributed by atoms with Gasteiger partial charge in [0.05, 0.1) is 12.6 Å². The zero-order chi connectivity index (χ0) is 9.42. The zero-order valence-corrected chi connectivity index (χ0v) is 8.31. The van der Waals surface area contributed by atoms with Gasteiger partial charge >= 0.3 is 0 Å². The maximum absolute atomic E-state index is 9.43. The normalized spacial score (nSPS) is 36.9. The fraction of sp³-hybridized carbons (Fsp3) is 1.00. The molecule has 2 aliphatic rings. The van der Waals surface area contributed by atoms with Crippen LogP contribution in [0, 0.1) is 0 Å². The van der Waals surface area contributed by atoms with Gasteiger partial charge < -0.3 is 9.84 Å². The minimum Gasteiger partial charge on any atom is -0.356 e. The lowest BCUT2D eigenvalue weighted by Crippen LogP contribution is -2.54. The summed E-state index contributed by atoms with van der Waals surface area (Å²) in [5.74, 6) is 0. The fourth-order valence-electron chi connectivity index (χ4n) is 2.09. The molecule has 0 radical (unpaired) electrons. The lowest BCUT2D eigenvalue weighted by Gasteiger charge is -2.39. The van der Waals surface area contributed by atoms with Crippen LogP contribution in [0.2, 0.25) is 0 Å². The van der Waals surface area contributed by atoms with Gasteiger partial charge in [-0.05, 0) is 13.8 Å². The predicted molar refractivity (Wildman–Crippen MR) is 49.2 cm³/mol. The summed E-state index contributed by atoms with van der Waals surface area (Å²) in [5, 5.41) is 9.43. The maximum atomic E-state index is 9.43. The van der Waals surface area contributed by atoms with Crippen LogP contribution < -0.4 is 0 Å². The number of hydrogen-bond donors (Lipinski definition) is 1. The number of ether oxygens (including phenoxy) is 1. The van der Waals surface area contributed by atoms with Crippen LogP contribution in [0.15, 0.2) is 0 Å². The summed E-state index contributed by atoms with van der Waals surface area (Å²) in [6.07, 6.45) is -0.653. The first-order chi connectivity index (χ1) is 6.18. The van der Waals surface area contributed by atoms with E-state index in [4.69, 9.17) is 4.74 Å². The van der Waals surface area contributed by atoms with Crippen molar-refractivity contribution in [2.75, 3.05) is 26.2 Å². The van der Waals surface area contributed by atoms with Gasteiger partial charge in [0.2, 0.25) is 6.41 Å². The van der Waals surface area contributed by atoms with Gasteiger partial charge in [-0.2, -0.15) is 0 Å². The van der Waals surface area contributed by atoms with Gasteiger partial charge in [0.25, 0.3) is 0 Å². The number of aliphatic hydroxyl groups is 1. The van der Waals surface area contributed by atoms with Crippen LogP contribution in [0.4, 0.5) is 0 Å². The highest BCUT2D eigenvalue weighted by Gasteiger charge is 2.37. The Kier molecular flexibility index (Phi) is 2.55. The Morgan fingerprint density at radius 2 is 2.15 bits per heavy atom. The van der Waals surface area contributed by atoms with Crippen molar-refractivity contribution in [3.63, 3.8) is 0 Å². The number of aliphatic hydroxyl groups excluding tert-OH is 1. The molecule has 2 rings (SSSR count). The molecule has 4 heteroatoms. The number of piperazine rings is 1. The molecule has 0 aromatic rings. The number of nitrogens with zero attached hydrogens (tertiary/aromatic N) is 2. The van der Waals surface area contributed by atoms with E-state index in [-0.39, 0.29) is 0 Å². The molecular formula is C9H18N2O2. The van der Waals surface area contributed by atoms with Crippen molar-refractivity contribution in [2.45, 2.75) is 32.3 Å². The van der Waals surface area contributed by atoms with Gasteiger partial charge in [-0.1, -0.05) is 0 Å². The van der Waals surface area contributed by atoms with E-state index in [1.165, 1.54) is 0 Å². The number of fused-ring (bicyclic) bond motifs is 1. The van der Waals surface area contributed by atoms with Crippen molar-refractivity contribution in [1.82, 2.24) is 9.80 Å². The summed E-state index contributed by atoms with van der Waals surface area (Å²) >= 11 is 0. The van der Waals surface area contributed by atoms with E-state index in [9.17, 15) is 5.11 Å². The Hall–Kier alpha value is -0.160. The van der Waals surface area contributed by atoms with Gasteiger partial charge in [-0.15, -0.1) is 0 Å². The maximum Gasteiger partial charge on any atom is 0.216 e. The topological polar surface area (TPSA) is 35.9 Å². The molecule has 13 heavy (non-hydrogen) atoms. The summed E-state index contributed by atoms with van der Waals surface area (Å²) in [7, 11) is 0. The minimum absolute atomic E-state index is 0.395. The van der Waals surface area contributed by atoms with Crippen molar-refractivity contribution in [2.24, 2.45) is 0 Å². The van der Waals surface area contributed by atoms with Crippen LogP contribution in [0.5, 0.6) is 0 Å². The highest BCUT2D eigenvalue weighted by molar-refractivity contribution is 4.86. The quantitative estimate of drug-likeness (QED) is 0.609. The fourth-order valence-corrected chi connectivity index (χ4v) is 2.09. The summed E-state index contributed by atoms with van der Waals surface area (Å²) < 4.78 is 5.18. The molecule has 2 heterocycles. The van der Waals surface area contributed by atoms with Crippen LogP contribution in [-0.2, 0) is 4.74 Å². The first kappa shape index (κ1) is 9.40. The van der Waals surface area contributed by atoms with Gasteiger partial charge in [0.1, 0.15) is 0 Å². The van der Waals surface area contributed by atoms with E-state index < -0.39 is 6.41 Å². The molecule has 76 valence electrons. The molecule has 2 fully saturated rings. The highest BCUT2D eigenvalue weighted by Crippen LogP contribution is 2.20. The van der Waals surface area contributed by atoms with Crippen LogP contribution in [-0.4, -0.2) is 59.6 Å². The average molecular weight is 186 g/mol. The zero-order valence-electron chi connectivity index (χ0n) is 8.31. The molecule has 0 bridgehead atoms. The van der Waals surface area contributed by atoms with Crippen molar-refractivity contribution in [3.8, 4) is 0 Å². The molecule has 0 amide bonds. The third kappa shape index (κ3) is 1.72. The Morgan fingerprint density at radius 3 is 2.85 bits per heavy atom. The second kappa shape index (κ2) is 3.53. The first-order valence-electron chi connectivity index (χ1n) is 4.98. The second-order valence-electron chi connectivity index (χ2n) is 4.14. The summed E-state index contributed by atoms with van der Waals surface area (Å²) in [4.78, 5) is 4.47. The van der Waals surface area contributed by atoms with Crippen molar-refractivity contribution in [1.29, 1.82) is 0 Å². The Bertz CT molecular complexity index is 186. The summed E-state index contributed by atoms with van der Waals surface area (Å²) in [6.45, 7) is 8.07. The average Bonchev–Trinajstić information content (AvgIpc) is 2.47. The predicted octanol–water partition coefficient (Wildman–Crippen LogP) is -0.313. The van der Waals surface area contributed by atoms with Gasteiger partial charge in [-0.3, -0.25) is 4.90 Å². The third-order valence-electron chi connectivity index (χ3n) is 3.01. The molecule has 0 aliphatic carbocycles. The van der Waals surface area contributed by atoms with E-state index in [1.54, 1.807) is 0 Å². The van der Waals surface area contributed by atoms with Crippen molar-refractivity contribution in [3.05, 3.63) is 0 Å². The molecule has 2 atom stereocenters. The Labute approximate surface area is 79.1 Å². The van der Waals surface area contributed by atoms with Gasteiger partial charge in [0.15, 0.2) is 0 Å². The van der Waals surface area contributed by atoms with Gasteiger partial charge in [0, 0.05) is 25.7 Å². The van der Waals surface area contributed by atoms with Crippen LogP contribution in [0.25, 0.3) is 0 Å². The lowest BCUT2D eigenvalue weighted by molar-refractivity contribution is -0.142. The molecule has 1 unspecified atom stereocenters. The van der Waals surface area contributed by atoms with E-state index in [0.717, 1.165) is 19.6 Å². The van der Waals surface area contributed by atoms with Crippen molar-refractivity contribution < 1.29 is 9.84 Å². The standard InChI is InChI=1S/C9H18N2O2/c1-7(2)10-3-4-11-8(5-10)6-13-9(11)12/h7-9,12H,3-6H2,1-2H3/t8-,9?/m0/s1. The van der Waals surface area contributed by atoms with E-state index in [2.05, 4.69) is 18.7 Å². The minimum atomic E-state index is -0.653. The Morgan fingerprint density at radius 1 is 1.38 bits per heavy atom. The lowest BCUT2D eigenvalue weighted by atomic mass is 10.1. The van der Waals surface area contributed by atoms with E-state index >= 15 is 0 Å². The monoisotopic (exact) mass is 186 g/mol. The highest BCUT2D eigenvalue weighted by atomic mass is 16.6. The molecule has 4 nitrogen and oxygen atoms in total. The summed E-state index contributed by atoms with van der Waals surface area (Å²) in [5.41, 5.74) is 0. The smallest absolute Gasteiger partial charge is 0.216 e. The SMILES string of the molecule is CC(C)N1CCN2C(O)OC[C@@H]2C1.